The average molecular weight is 636 g/mol. The molecule has 0 saturated heterocycles. The lowest BCUT2D eigenvalue weighted by Crippen LogP contribution is -2.19. The number of para-hydroxylation sites is 1. The minimum absolute atomic E-state index is 0.0922. The van der Waals surface area contributed by atoms with Crippen LogP contribution in [0.2, 0.25) is 0 Å². The number of hydrazone groups is 1. The molecule has 1 amide bonds. The molecule has 5 aromatic rings. The topological polar surface area (TPSA) is 92.8 Å². The van der Waals surface area contributed by atoms with E-state index in [2.05, 4.69) is 31.4 Å². The molecular formula is C31H21BrF3N3O4. The molecule has 42 heavy (non-hydrogen) atoms. The molecule has 7 nitrogen and oxygen atoms in total. The van der Waals surface area contributed by atoms with Crippen LogP contribution in [0.1, 0.15) is 32.0 Å². The zero-order chi connectivity index (χ0) is 29.9. The first kappa shape index (κ1) is 28.6. The van der Waals surface area contributed by atoms with Crippen LogP contribution in [-0.4, -0.2) is 30.2 Å². The lowest BCUT2D eigenvalue weighted by Gasteiger charge is -2.09. The smallest absolute Gasteiger partial charge is 0.418 e. The zero-order valence-electron chi connectivity index (χ0n) is 21.8. The Hall–Kier alpha value is -4.90. The number of halogens is 4. The summed E-state index contributed by atoms with van der Waals surface area (Å²) in [6, 6.07) is 23.6. The molecule has 0 aliphatic carbocycles. The van der Waals surface area contributed by atoms with Crippen molar-refractivity contribution in [1.82, 2.24) is 10.4 Å². The second kappa shape index (κ2) is 11.9. The van der Waals surface area contributed by atoms with E-state index in [9.17, 15) is 22.8 Å². The highest BCUT2D eigenvalue weighted by Crippen LogP contribution is 2.39. The number of aromatic amines is 1. The van der Waals surface area contributed by atoms with E-state index >= 15 is 0 Å². The number of carbonyl (C=O) groups excluding carboxylic acids is 2. The second-order valence-corrected chi connectivity index (χ2v) is 9.88. The summed E-state index contributed by atoms with van der Waals surface area (Å²) in [4.78, 5) is 28.7. The van der Waals surface area contributed by atoms with Crippen molar-refractivity contribution in [2.24, 2.45) is 5.10 Å². The Balaban J connectivity index is 1.44. The Bertz CT molecular complexity index is 1800. The number of nitrogens with zero attached hydrogens (tertiary/aromatic N) is 1. The number of amides is 1. The van der Waals surface area contributed by atoms with Gasteiger partial charge in [0.05, 0.1) is 30.0 Å². The van der Waals surface area contributed by atoms with E-state index in [0.29, 0.717) is 32.5 Å². The van der Waals surface area contributed by atoms with Gasteiger partial charge in [-0.05, 0) is 54.1 Å². The first-order valence-electron chi connectivity index (χ1n) is 12.4. The maximum Gasteiger partial charge on any atom is 0.418 e. The fraction of sp³-hybridized carbons (Fsp3) is 0.0645. The summed E-state index contributed by atoms with van der Waals surface area (Å²) >= 11 is 3.36. The second-order valence-electron chi connectivity index (χ2n) is 8.97. The van der Waals surface area contributed by atoms with Crippen LogP contribution in [0.3, 0.4) is 0 Å². The van der Waals surface area contributed by atoms with Gasteiger partial charge in [-0.25, -0.2) is 10.2 Å². The number of H-pyrrole nitrogens is 1. The minimum atomic E-state index is -4.63. The Morgan fingerprint density at radius 2 is 1.69 bits per heavy atom. The van der Waals surface area contributed by atoms with Crippen molar-refractivity contribution < 1.29 is 32.2 Å². The number of nitrogens with one attached hydrogen (secondary N) is 2. The third kappa shape index (κ3) is 6.06. The molecule has 0 bridgehead atoms. The first-order chi connectivity index (χ1) is 20.2. The van der Waals surface area contributed by atoms with Crippen LogP contribution < -0.4 is 14.9 Å². The van der Waals surface area contributed by atoms with Crippen molar-refractivity contribution in [1.29, 1.82) is 0 Å². The SMILES string of the molecule is COc1ccc(C(=O)Oc2ccc(Br)cc2C=NNC(=O)c2[nH]c3c(C(F)(F)F)cccc3c2-c2ccccc2)cc1. The van der Waals surface area contributed by atoms with E-state index in [-0.39, 0.29) is 22.3 Å². The van der Waals surface area contributed by atoms with Crippen LogP contribution in [-0.2, 0) is 6.18 Å². The van der Waals surface area contributed by atoms with Crippen molar-refractivity contribution in [3.63, 3.8) is 0 Å². The molecule has 0 fully saturated rings. The predicted octanol–water partition coefficient (Wildman–Crippen LogP) is 7.61. The molecule has 0 aliphatic rings. The number of fused-ring (bicyclic) bond motifs is 1. The van der Waals surface area contributed by atoms with Crippen molar-refractivity contribution in [3.05, 3.63) is 118 Å². The van der Waals surface area contributed by atoms with E-state index < -0.39 is 23.6 Å². The number of aromatic nitrogens is 1. The zero-order valence-corrected chi connectivity index (χ0v) is 23.4. The highest BCUT2D eigenvalue weighted by atomic mass is 79.9. The number of hydrogen-bond acceptors (Lipinski definition) is 5. The van der Waals surface area contributed by atoms with Gasteiger partial charge >= 0.3 is 12.1 Å². The Labute approximate surface area is 246 Å². The number of esters is 1. The molecule has 2 N–H and O–H groups in total. The first-order valence-corrected chi connectivity index (χ1v) is 13.2. The molecule has 0 aliphatic heterocycles. The van der Waals surface area contributed by atoms with Gasteiger partial charge in [0.25, 0.3) is 5.91 Å². The summed E-state index contributed by atoms with van der Waals surface area (Å²) in [6.07, 6.45) is -3.37. The summed E-state index contributed by atoms with van der Waals surface area (Å²) in [7, 11) is 1.51. The van der Waals surface area contributed by atoms with Gasteiger partial charge < -0.3 is 14.5 Å². The molecule has 212 valence electrons. The largest absolute Gasteiger partial charge is 0.497 e. The van der Waals surface area contributed by atoms with Crippen LogP contribution in [0.15, 0.2) is 101 Å². The number of benzene rings is 4. The van der Waals surface area contributed by atoms with Crippen LogP contribution in [0, 0.1) is 0 Å². The molecular weight excluding hydrogens is 615 g/mol. The fourth-order valence-electron chi connectivity index (χ4n) is 4.34. The highest BCUT2D eigenvalue weighted by molar-refractivity contribution is 9.10. The molecule has 0 spiro atoms. The lowest BCUT2D eigenvalue weighted by molar-refractivity contribution is -0.136. The van der Waals surface area contributed by atoms with Gasteiger partial charge in [-0.2, -0.15) is 18.3 Å². The van der Waals surface area contributed by atoms with Gasteiger partial charge in [0.2, 0.25) is 0 Å². The molecule has 0 saturated carbocycles. The third-order valence-corrected chi connectivity index (χ3v) is 6.79. The Kier molecular flexibility index (Phi) is 8.12. The van der Waals surface area contributed by atoms with Gasteiger partial charge in [0.1, 0.15) is 17.2 Å². The van der Waals surface area contributed by atoms with Crippen LogP contribution >= 0.6 is 15.9 Å². The molecule has 11 heteroatoms. The molecule has 4 aromatic carbocycles. The van der Waals surface area contributed by atoms with Gasteiger partial charge in [-0.1, -0.05) is 58.4 Å². The molecule has 0 unspecified atom stereocenters. The number of carbonyl (C=O) groups is 2. The molecule has 0 radical (unpaired) electrons. The standard InChI is InChI=1S/C31H21BrF3N3O4/c1-41-22-13-10-19(11-14-22)30(40)42-25-15-12-21(32)16-20(25)17-36-38-29(39)28-26(18-6-3-2-4-7-18)23-8-5-9-24(27(23)37-28)31(33,34)35/h2-17,37H,1H3,(H,38,39). The number of alkyl halides is 3. The Morgan fingerprint density at radius 1 is 0.952 bits per heavy atom. The molecule has 5 rings (SSSR count). The van der Waals surface area contributed by atoms with E-state index in [4.69, 9.17) is 9.47 Å². The number of methoxy groups -OCH3 is 1. The third-order valence-electron chi connectivity index (χ3n) is 6.30. The minimum Gasteiger partial charge on any atom is -0.497 e. The van der Waals surface area contributed by atoms with Crippen LogP contribution in [0.4, 0.5) is 13.2 Å². The van der Waals surface area contributed by atoms with Gasteiger partial charge in [0, 0.05) is 21.0 Å². The van der Waals surface area contributed by atoms with Crippen LogP contribution in [0.25, 0.3) is 22.0 Å². The number of hydrogen-bond donors (Lipinski definition) is 2. The number of ether oxygens (including phenoxy) is 2. The highest BCUT2D eigenvalue weighted by Gasteiger charge is 2.34. The maximum absolute atomic E-state index is 13.8. The average Bonchev–Trinajstić information content (AvgIpc) is 3.38. The molecule has 1 aromatic heterocycles. The normalized spacial score (nSPS) is 11.5. The van der Waals surface area contributed by atoms with Crippen molar-refractivity contribution in [2.75, 3.05) is 7.11 Å². The quantitative estimate of drug-likeness (QED) is 0.0833. The summed E-state index contributed by atoms with van der Waals surface area (Å²) < 4.78 is 52.6. The van der Waals surface area contributed by atoms with E-state index in [1.807, 2.05) is 0 Å². The van der Waals surface area contributed by atoms with E-state index in [1.54, 1.807) is 72.8 Å². The summed E-state index contributed by atoms with van der Waals surface area (Å²) in [6.45, 7) is 0. The fourth-order valence-corrected chi connectivity index (χ4v) is 4.72. The van der Waals surface area contributed by atoms with Crippen molar-refractivity contribution in [2.45, 2.75) is 6.18 Å². The lowest BCUT2D eigenvalue weighted by atomic mass is 10.0. The summed E-state index contributed by atoms with van der Waals surface area (Å²) in [5.41, 5.74) is 2.68. The monoisotopic (exact) mass is 635 g/mol. The van der Waals surface area contributed by atoms with Crippen molar-refractivity contribution >= 4 is 44.9 Å². The molecule has 1 heterocycles. The van der Waals surface area contributed by atoms with Gasteiger partial charge in [-0.3, -0.25) is 4.79 Å². The van der Waals surface area contributed by atoms with E-state index in [0.717, 1.165) is 6.07 Å². The van der Waals surface area contributed by atoms with Crippen molar-refractivity contribution in [3.8, 4) is 22.6 Å². The van der Waals surface area contributed by atoms with E-state index in [1.165, 1.54) is 25.5 Å². The predicted molar refractivity (Wildman–Crippen MR) is 156 cm³/mol. The summed E-state index contributed by atoms with van der Waals surface area (Å²) in [5.74, 6) is -0.632. The number of rotatable bonds is 7. The van der Waals surface area contributed by atoms with Gasteiger partial charge in [-0.15, -0.1) is 0 Å². The van der Waals surface area contributed by atoms with Gasteiger partial charge in [0.15, 0.2) is 0 Å². The van der Waals surface area contributed by atoms with Crippen LogP contribution in [0.5, 0.6) is 11.5 Å². The maximum atomic E-state index is 13.8. The Morgan fingerprint density at radius 3 is 2.38 bits per heavy atom. The molecule has 0 atom stereocenters. The summed E-state index contributed by atoms with van der Waals surface area (Å²) in [5, 5.41) is 4.24.